The van der Waals surface area contributed by atoms with Crippen LogP contribution in [0.15, 0.2) is 47.3 Å². The smallest absolute Gasteiger partial charge is 0.255 e. The van der Waals surface area contributed by atoms with Crippen molar-refractivity contribution in [2.24, 2.45) is 5.92 Å². The lowest BCUT2D eigenvalue weighted by Gasteiger charge is -2.23. The van der Waals surface area contributed by atoms with Gasteiger partial charge >= 0.3 is 0 Å². The van der Waals surface area contributed by atoms with Crippen molar-refractivity contribution >= 4 is 5.91 Å². The fourth-order valence-corrected chi connectivity index (χ4v) is 3.79. The minimum absolute atomic E-state index is 0.131. The van der Waals surface area contributed by atoms with Gasteiger partial charge < -0.3 is 14.3 Å². The molecule has 0 fully saturated rings. The number of nitrogens with zero attached hydrogens (tertiary/aromatic N) is 4. The number of carbonyl (C=O) groups is 1. The Morgan fingerprint density at radius 2 is 2.03 bits per heavy atom. The number of furan rings is 1. The van der Waals surface area contributed by atoms with Gasteiger partial charge in [-0.1, -0.05) is 32.0 Å². The van der Waals surface area contributed by atoms with E-state index < -0.39 is 0 Å². The molecular formula is C22H26FN5O2. The molecule has 0 saturated heterocycles. The van der Waals surface area contributed by atoms with Gasteiger partial charge in [-0.3, -0.25) is 9.69 Å². The second-order valence-electron chi connectivity index (χ2n) is 7.95. The van der Waals surface area contributed by atoms with E-state index in [-0.39, 0.29) is 23.7 Å². The molecule has 0 radical (unpaired) electrons. The molecule has 0 aliphatic carbocycles. The molecule has 8 heteroatoms. The van der Waals surface area contributed by atoms with Crippen molar-refractivity contribution in [3.8, 4) is 0 Å². The summed E-state index contributed by atoms with van der Waals surface area (Å²) in [5.74, 6) is 1.40. The maximum absolute atomic E-state index is 14.0. The minimum atomic E-state index is -0.272. The molecule has 4 rings (SSSR count). The molecule has 1 atom stereocenters. The number of benzene rings is 1. The van der Waals surface area contributed by atoms with E-state index in [2.05, 4.69) is 25.0 Å². The number of carbonyl (C=O) groups excluding carboxylic acids is 1. The maximum atomic E-state index is 14.0. The number of amides is 1. The Kier molecular flexibility index (Phi) is 5.94. The Morgan fingerprint density at radius 3 is 2.77 bits per heavy atom. The van der Waals surface area contributed by atoms with Gasteiger partial charge in [0, 0.05) is 38.2 Å². The molecule has 3 aromatic rings. The summed E-state index contributed by atoms with van der Waals surface area (Å²) in [5.41, 5.74) is 1.18. The van der Waals surface area contributed by atoms with Gasteiger partial charge in [0.25, 0.3) is 5.91 Å². The van der Waals surface area contributed by atoms with Crippen LogP contribution >= 0.6 is 0 Å². The van der Waals surface area contributed by atoms with Crippen molar-refractivity contribution in [2.45, 2.75) is 39.4 Å². The lowest BCUT2D eigenvalue weighted by atomic mass is 10.0. The highest BCUT2D eigenvalue weighted by molar-refractivity contribution is 5.94. The number of halogens is 1. The van der Waals surface area contributed by atoms with Crippen molar-refractivity contribution in [3.63, 3.8) is 0 Å². The number of rotatable bonds is 6. The zero-order chi connectivity index (χ0) is 21.1. The number of hydrogen-bond donors (Lipinski definition) is 1. The molecule has 1 aromatic carbocycles. The topological polar surface area (TPSA) is 76.2 Å². The van der Waals surface area contributed by atoms with Crippen molar-refractivity contribution in [3.05, 3.63) is 71.5 Å². The average Bonchev–Trinajstić information content (AvgIpc) is 3.36. The van der Waals surface area contributed by atoms with E-state index in [0.717, 1.165) is 31.2 Å². The van der Waals surface area contributed by atoms with Crippen LogP contribution in [-0.4, -0.2) is 38.7 Å². The van der Waals surface area contributed by atoms with Crippen LogP contribution in [0.3, 0.4) is 0 Å². The predicted molar refractivity (Wildman–Crippen MR) is 109 cm³/mol. The molecule has 2 aromatic heterocycles. The third kappa shape index (κ3) is 4.28. The van der Waals surface area contributed by atoms with E-state index in [1.54, 1.807) is 12.1 Å². The minimum Gasteiger partial charge on any atom is -0.472 e. The van der Waals surface area contributed by atoms with Gasteiger partial charge in [-0.05, 0) is 18.1 Å². The molecule has 0 bridgehead atoms. The number of aromatic nitrogens is 3. The molecule has 30 heavy (non-hydrogen) atoms. The van der Waals surface area contributed by atoms with Gasteiger partial charge in [-0.2, -0.15) is 0 Å². The first-order valence-electron chi connectivity index (χ1n) is 10.2. The Hall–Kier alpha value is -3.00. The van der Waals surface area contributed by atoms with E-state index in [1.165, 1.54) is 18.6 Å². The van der Waals surface area contributed by atoms with E-state index in [0.29, 0.717) is 24.2 Å². The van der Waals surface area contributed by atoms with Crippen molar-refractivity contribution in [1.82, 2.24) is 25.0 Å². The Labute approximate surface area is 174 Å². The molecule has 1 aliphatic heterocycles. The summed E-state index contributed by atoms with van der Waals surface area (Å²) in [4.78, 5) is 14.8. The Bertz CT molecular complexity index is 999. The van der Waals surface area contributed by atoms with Crippen LogP contribution in [0.2, 0.25) is 0 Å². The molecule has 1 aliphatic rings. The maximum Gasteiger partial charge on any atom is 0.255 e. The molecule has 1 N–H and O–H groups in total. The molecule has 0 saturated carbocycles. The zero-order valence-corrected chi connectivity index (χ0v) is 17.2. The van der Waals surface area contributed by atoms with Crippen LogP contribution in [0.4, 0.5) is 4.39 Å². The van der Waals surface area contributed by atoms with Crippen molar-refractivity contribution in [2.75, 3.05) is 13.1 Å². The summed E-state index contributed by atoms with van der Waals surface area (Å²) in [6, 6.07) is 8.25. The highest BCUT2D eigenvalue weighted by Crippen LogP contribution is 2.23. The molecule has 0 spiro atoms. The van der Waals surface area contributed by atoms with Gasteiger partial charge in [0.05, 0.1) is 17.9 Å². The summed E-state index contributed by atoms with van der Waals surface area (Å²) < 4.78 is 21.2. The monoisotopic (exact) mass is 411 g/mol. The molecule has 158 valence electrons. The Morgan fingerprint density at radius 1 is 1.20 bits per heavy atom. The summed E-state index contributed by atoms with van der Waals surface area (Å²) in [7, 11) is 0. The van der Waals surface area contributed by atoms with Gasteiger partial charge in [-0.15, -0.1) is 10.2 Å². The van der Waals surface area contributed by atoms with E-state index in [9.17, 15) is 9.18 Å². The van der Waals surface area contributed by atoms with Crippen molar-refractivity contribution < 1.29 is 13.6 Å². The average molecular weight is 411 g/mol. The van der Waals surface area contributed by atoms with Crippen LogP contribution in [0.5, 0.6) is 0 Å². The summed E-state index contributed by atoms with van der Waals surface area (Å²) in [6.07, 6.45) is 3.63. The predicted octanol–water partition coefficient (Wildman–Crippen LogP) is 3.20. The molecule has 1 unspecified atom stereocenters. The quantitative estimate of drug-likeness (QED) is 0.674. The van der Waals surface area contributed by atoms with E-state index >= 15 is 0 Å². The highest BCUT2D eigenvalue weighted by atomic mass is 19.1. The lowest BCUT2D eigenvalue weighted by Crippen LogP contribution is -2.34. The first kappa shape index (κ1) is 20.3. The second kappa shape index (κ2) is 8.79. The second-order valence-corrected chi connectivity index (χ2v) is 7.95. The van der Waals surface area contributed by atoms with Gasteiger partial charge in [0.15, 0.2) is 5.82 Å². The molecule has 7 nitrogen and oxygen atoms in total. The van der Waals surface area contributed by atoms with Crippen LogP contribution in [-0.2, 0) is 19.5 Å². The van der Waals surface area contributed by atoms with Crippen LogP contribution in [0, 0.1) is 11.7 Å². The summed E-state index contributed by atoms with van der Waals surface area (Å²) in [6.45, 7) is 6.88. The van der Waals surface area contributed by atoms with Crippen LogP contribution < -0.4 is 5.32 Å². The van der Waals surface area contributed by atoms with Gasteiger partial charge in [0.1, 0.15) is 17.9 Å². The highest BCUT2D eigenvalue weighted by Gasteiger charge is 2.28. The normalized spacial score (nSPS) is 15.6. The molecule has 1 amide bonds. The Balaban J connectivity index is 1.49. The molecule has 3 heterocycles. The summed E-state index contributed by atoms with van der Waals surface area (Å²) >= 11 is 0. The largest absolute Gasteiger partial charge is 0.472 e. The third-order valence-electron chi connectivity index (χ3n) is 5.51. The number of hydrogen-bond acceptors (Lipinski definition) is 5. The fraction of sp³-hybridized carbons (Fsp3) is 0.409. The SMILES string of the molecule is CC(C)C(NC(=O)c1ccoc1)c1nnc2n1CCN(Cc1ccccc1F)CC2. The lowest BCUT2D eigenvalue weighted by molar-refractivity contribution is 0.0921. The van der Waals surface area contributed by atoms with E-state index in [1.807, 2.05) is 26.0 Å². The number of nitrogens with one attached hydrogen (secondary N) is 1. The van der Waals surface area contributed by atoms with Gasteiger partial charge in [0.2, 0.25) is 0 Å². The fourth-order valence-electron chi connectivity index (χ4n) is 3.79. The van der Waals surface area contributed by atoms with Crippen LogP contribution in [0.1, 0.15) is 47.5 Å². The van der Waals surface area contributed by atoms with Crippen molar-refractivity contribution in [1.29, 1.82) is 0 Å². The van der Waals surface area contributed by atoms with E-state index in [4.69, 9.17) is 4.42 Å². The first-order valence-corrected chi connectivity index (χ1v) is 10.2. The van der Waals surface area contributed by atoms with Crippen LogP contribution in [0.25, 0.3) is 0 Å². The molecular weight excluding hydrogens is 385 g/mol. The summed E-state index contributed by atoms with van der Waals surface area (Å²) in [5, 5.41) is 11.9. The van der Waals surface area contributed by atoms with Gasteiger partial charge in [-0.25, -0.2) is 4.39 Å². The number of fused-ring (bicyclic) bond motifs is 1. The first-order chi connectivity index (χ1) is 14.5. The third-order valence-corrected chi connectivity index (χ3v) is 5.51. The standard InChI is InChI=1S/C22H26FN5O2/c1-15(2)20(24-22(29)17-8-12-30-14-17)21-26-25-19-7-9-27(10-11-28(19)21)13-16-5-3-4-6-18(16)23/h3-6,8,12,14-15,20H,7,9-11,13H2,1-2H3,(H,24,29). The zero-order valence-electron chi connectivity index (χ0n) is 17.2.